The fourth-order valence-electron chi connectivity index (χ4n) is 7.56. The molecule has 0 saturated carbocycles. The number of hydrogen-bond acceptors (Lipinski definition) is 2. The summed E-state index contributed by atoms with van der Waals surface area (Å²) in [4.78, 5) is 10.3. The van der Waals surface area contributed by atoms with Crippen molar-refractivity contribution in [3.05, 3.63) is 82.4 Å². The van der Waals surface area contributed by atoms with E-state index < -0.39 is 0 Å². The lowest BCUT2D eigenvalue weighted by Gasteiger charge is -2.17. The second-order valence-electron chi connectivity index (χ2n) is 15.1. The minimum atomic E-state index is 0.959. The first kappa shape index (κ1) is 42.4. The first-order chi connectivity index (χ1) is 25.0. The van der Waals surface area contributed by atoms with Crippen LogP contribution in [-0.2, 0) is 32.1 Å². The topological polar surface area (TPSA) is 24.7 Å². The van der Waals surface area contributed by atoms with Gasteiger partial charge in [0.1, 0.15) is 0 Å². The van der Waals surface area contributed by atoms with Crippen LogP contribution in [0.5, 0.6) is 0 Å². The molecule has 280 valence electrons. The molecule has 0 unspecified atom stereocenters. The van der Waals surface area contributed by atoms with Gasteiger partial charge in [-0.3, -0.25) is 9.98 Å². The molecular formula is C49H74N2. The molecule has 0 aliphatic carbocycles. The van der Waals surface area contributed by atoms with Crippen molar-refractivity contribution in [1.82, 2.24) is 0 Å². The summed E-state index contributed by atoms with van der Waals surface area (Å²) in [7, 11) is 0. The predicted octanol–water partition coefficient (Wildman–Crippen LogP) is 15.7. The Hall–Kier alpha value is -3.00. The van der Waals surface area contributed by atoms with E-state index in [0.717, 1.165) is 36.3 Å². The summed E-state index contributed by atoms with van der Waals surface area (Å²) in [5.74, 6) is 0. The molecule has 0 fully saturated rings. The SMILES string of the molecule is CCCCCCCCc1cc(N=CC(C)=Nc2cc(CCCCCC)c(CCCCCCCC)c(-c3ccccc3)c2)cc(CC)c1CCCC. The van der Waals surface area contributed by atoms with E-state index in [0.29, 0.717) is 0 Å². The Morgan fingerprint density at radius 1 is 0.490 bits per heavy atom. The molecule has 0 aromatic heterocycles. The molecule has 0 heterocycles. The van der Waals surface area contributed by atoms with Gasteiger partial charge in [0.05, 0.1) is 17.1 Å². The molecule has 2 heteroatoms. The number of hydrogen-bond donors (Lipinski definition) is 0. The molecule has 2 nitrogen and oxygen atoms in total. The van der Waals surface area contributed by atoms with Gasteiger partial charge in [-0.15, -0.1) is 0 Å². The monoisotopic (exact) mass is 691 g/mol. The van der Waals surface area contributed by atoms with E-state index in [4.69, 9.17) is 9.98 Å². The molecule has 0 N–H and O–H groups in total. The van der Waals surface area contributed by atoms with E-state index >= 15 is 0 Å². The van der Waals surface area contributed by atoms with Crippen LogP contribution in [0, 0.1) is 0 Å². The Morgan fingerprint density at radius 3 is 1.59 bits per heavy atom. The number of aliphatic imine (C=N–C) groups is 2. The van der Waals surface area contributed by atoms with Crippen LogP contribution in [0.4, 0.5) is 11.4 Å². The molecule has 3 aromatic carbocycles. The molecule has 0 radical (unpaired) electrons. The van der Waals surface area contributed by atoms with Crippen molar-refractivity contribution in [2.45, 2.75) is 189 Å². The maximum atomic E-state index is 5.21. The highest BCUT2D eigenvalue weighted by Crippen LogP contribution is 2.34. The van der Waals surface area contributed by atoms with Crippen molar-refractivity contribution >= 4 is 23.3 Å². The van der Waals surface area contributed by atoms with Gasteiger partial charge in [0.25, 0.3) is 0 Å². The quantitative estimate of drug-likeness (QED) is 0.0562. The minimum absolute atomic E-state index is 0.959. The van der Waals surface area contributed by atoms with Crippen LogP contribution < -0.4 is 0 Å². The lowest BCUT2D eigenvalue weighted by atomic mass is 9.88. The predicted molar refractivity (Wildman–Crippen MR) is 229 cm³/mol. The molecule has 0 spiro atoms. The molecule has 0 aliphatic heterocycles. The summed E-state index contributed by atoms with van der Waals surface area (Å²) in [5.41, 5.74) is 13.4. The van der Waals surface area contributed by atoms with Crippen molar-refractivity contribution in [2.75, 3.05) is 0 Å². The van der Waals surface area contributed by atoms with E-state index in [2.05, 4.69) is 96.1 Å². The minimum Gasteiger partial charge on any atom is -0.255 e. The maximum Gasteiger partial charge on any atom is 0.0642 e. The van der Waals surface area contributed by atoms with Crippen LogP contribution in [0.3, 0.4) is 0 Å². The van der Waals surface area contributed by atoms with E-state index in [9.17, 15) is 0 Å². The lowest BCUT2D eigenvalue weighted by molar-refractivity contribution is 0.605. The molecule has 0 saturated heterocycles. The fourth-order valence-corrected chi connectivity index (χ4v) is 7.56. The highest BCUT2D eigenvalue weighted by Gasteiger charge is 2.14. The van der Waals surface area contributed by atoms with Gasteiger partial charge in [0, 0.05) is 6.21 Å². The second kappa shape index (κ2) is 25.9. The van der Waals surface area contributed by atoms with E-state index in [1.807, 2.05) is 6.21 Å². The van der Waals surface area contributed by atoms with Crippen LogP contribution >= 0.6 is 0 Å². The van der Waals surface area contributed by atoms with Crippen molar-refractivity contribution in [3.63, 3.8) is 0 Å². The summed E-state index contributed by atoms with van der Waals surface area (Å²) < 4.78 is 0. The number of unbranched alkanes of at least 4 members (excludes halogenated alkanes) is 14. The van der Waals surface area contributed by atoms with Gasteiger partial charge in [0.15, 0.2) is 0 Å². The molecule has 0 amide bonds. The molecule has 3 rings (SSSR count). The van der Waals surface area contributed by atoms with Crippen LogP contribution in [-0.4, -0.2) is 11.9 Å². The summed E-state index contributed by atoms with van der Waals surface area (Å²) in [6.45, 7) is 13.6. The van der Waals surface area contributed by atoms with E-state index in [1.165, 1.54) is 156 Å². The number of aryl methyl sites for hydroxylation is 3. The van der Waals surface area contributed by atoms with Gasteiger partial charge in [-0.25, -0.2) is 0 Å². The third kappa shape index (κ3) is 15.6. The molecule has 0 atom stereocenters. The molecular weight excluding hydrogens is 617 g/mol. The summed E-state index contributed by atoms with van der Waals surface area (Å²) in [5, 5.41) is 0. The average molecular weight is 691 g/mol. The Kier molecular flexibility index (Phi) is 21.5. The van der Waals surface area contributed by atoms with Gasteiger partial charge in [-0.05, 0) is 128 Å². The van der Waals surface area contributed by atoms with E-state index in [1.54, 1.807) is 11.1 Å². The van der Waals surface area contributed by atoms with Crippen molar-refractivity contribution in [3.8, 4) is 11.1 Å². The maximum absolute atomic E-state index is 5.21. The standard InChI is InChI=1S/C49H74N2/c1-7-12-16-19-21-25-31-43-36-45(35-41(11-5)47(43)33-15-10-4)50-39-40(6)51-46-37-44(32-24-18-14-9-3)48(34-28-22-20-17-13-8-2)49(38-46)42-29-26-23-27-30-42/h23,26-27,29-30,35-39H,7-22,24-25,28,31-34H2,1-6H3. The third-order valence-corrected chi connectivity index (χ3v) is 10.6. The average Bonchev–Trinajstić information content (AvgIpc) is 3.15. The third-order valence-electron chi connectivity index (χ3n) is 10.6. The summed E-state index contributed by atoms with van der Waals surface area (Å²) in [6, 6.07) is 20.5. The Bertz CT molecular complexity index is 1430. The highest BCUT2D eigenvalue weighted by molar-refractivity contribution is 6.30. The van der Waals surface area contributed by atoms with Gasteiger partial charge >= 0.3 is 0 Å². The van der Waals surface area contributed by atoms with Gasteiger partial charge < -0.3 is 0 Å². The normalized spacial score (nSPS) is 12.0. The van der Waals surface area contributed by atoms with E-state index in [-0.39, 0.29) is 0 Å². The van der Waals surface area contributed by atoms with Gasteiger partial charge in [-0.2, -0.15) is 0 Å². The highest BCUT2D eigenvalue weighted by atomic mass is 14.8. The summed E-state index contributed by atoms with van der Waals surface area (Å²) >= 11 is 0. The van der Waals surface area contributed by atoms with Crippen molar-refractivity contribution in [2.24, 2.45) is 9.98 Å². The second-order valence-corrected chi connectivity index (χ2v) is 15.1. The molecule has 51 heavy (non-hydrogen) atoms. The fraction of sp³-hybridized carbons (Fsp3) is 0.592. The zero-order valence-electron chi connectivity index (χ0n) is 33.9. The number of rotatable bonds is 27. The van der Waals surface area contributed by atoms with Gasteiger partial charge in [-0.1, -0.05) is 155 Å². The van der Waals surface area contributed by atoms with Crippen LogP contribution in [0.25, 0.3) is 11.1 Å². The summed E-state index contributed by atoms with van der Waals surface area (Å²) in [6.07, 6.45) is 31.3. The zero-order valence-corrected chi connectivity index (χ0v) is 33.9. The largest absolute Gasteiger partial charge is 0.255 e. The number of nitrogens with zero attached hydrogens (tertiary/aromatic N) is 2. The molecule has 0 bridgehead atoms. The molecule has 3 aromatic rings. The van der Waals surface area contributed by atoms with Crippen molar-refractivity contribution < 1.29 is 0 Å². The van der Waals surface area contributed by atoms with Crippen LogP contribution in [0.1, 0.15) is 185 Å². The lowest BCUT2D eigenvalue weighted by Crippen LogP contribution is -2.01. The van der Waals surface area contributed by atoms with Crippen molar-refractivity contribution in [1.29, 1.82) is 0 Å². The Balaban J connectivity index is 1.93. The first-order valence-electron chi connectivity index (χ1n) is 21.5. The molecule has 0 aliphatic rings. The van der Waals surface area contributed by atoms with Crippen LogP contribution in [0.2, 0.25) is 0 Å². The van der Waals surface area contributed by atoms with Crippen LogP contribution in [0.15, 0.2) is 64.6 Å². The Morgan fingerprint density at radius 2 is 0.980 bits per heavy atom. The Labute approximate surface area is 315 Å². The number of benzene rings is 3. The first-order valence-corrected chi connectivity index (χ1v) is 21.5. The smallest absolute Gasteiger partial charge is 0.0642 e. The zero-order chi connectivity index (χ0) is 36.5. The van der Waals surface area contributed by atoms with Gasteiger partial charge in [0.2, 0.25) is 0 Å².